The zero-order chi connectivity index (χ0) is 15.4. The Kier molecular flexibility index (Phi) is 4.89. The standard InChI is InChI=1S/C19H25NO/c1-6-21-19-12-14(3)8-10-18(19)20-16(5)17-11-13(2)7-9-15(17)4/h7-12,16,20H,6H2,1-5H3. The monoisotopic (exact) mass is 283 g/mol. The van der Waals surface area contributed by atoms with Gasteiger partial charge in [0.1, 0.15) is 5.75 Å². The Hall–Kier alpha value is -1.96. The van der Waals surface area contributed by atoms with Gasteiger partial charge < -0.3 is 10.1 Å². The van der Waals surface area contributed by atoms with Gasteiger partial charge >= 0.3 is 0 Å². The van der Waals surface area contributed by atoms with Gasteiger partial charge in [0.15, 0.2) is 0 Å². The van der Waals surface area contributed by atoms with E-state index in [1.807, 2.05) is 6.92 Å². The number of anilines is 1. The van der Waals surface area contributed by atoms with Crippen LogP contribution < -0.4 is 10.1 Å². The summed E-state index contributed by atoms with van der Waals surface area (Å²) in [5.41, 5.74) is 6.20. The van der Waals surface area contributed by atoms with Crippen molar-refractivity contribution in [3.05, 3.63) is 58.7 Å². The van der Waals surface area contributed by atoms with Gasteiger partial charge in [0.2, 0.25) is 0 Å². The molecule has 112 valence electrons. The van der Waals surface area contributed by atoms with Crippen molar-refractivity contribution in [2.75, 3.05) is 11.9 Å². The molecule has 0 spiro atoms. The summed E-state index contributed by atoms with van der Waals surface area (Å²) in [7, 11) is 0. The van der Waals surface area contributed by atoms with E-state index in [2.05, 4.69) is 69.4 Å². The first-order chi connectivity index (χ1) is 10.0. The molecule has 0 saturated carbocycles. The minimum absolute atomic E-state index is 0.242. The lowest BCUT2D eigenvalue weighted by Gasteiger charge is -2.21. The Bertz CT molecular complexity index is 619. The van der Waals surface area contributed by atoms with Crippen molar-refractivity contribution in [2.45, 2.75) is 40.7 Å². The molecule has 2 heteroatoms. The number of ether oxygens (including phenoxy) is 1. The van der Waals surface area contributed by atoms with Crippen LogP contribution in [0.25, 0.3) is 0 Å². The van der Waals surface area contributed by atoms with Gasteiger partial charge in [-0.3, -0.25) is 0 Å². The summed E-state index contributed by atoms with van der Waals surface area (Å²) in [5, 5.41) is 3.58. The summed E-state index contributed by atoms with van der Waals surface area (Å²) in [6, 6.07) is 13.1. The third-order valence-electron chi connectivity index (χ3n) is 3.71. The molecule has 0 aliphatic heterocycles. The molecule has 0 heterocycles. The van der Waals surface area contributed by atoms with E-state index >= 15 is 0 Å². The molecule has 0 fully saturated rings. The Balaban J connectivity index is 2.26. The average Bonchev–Trinajstić information content (AvgIpc) is 2.44. The maximum atomic E-state index is 5.75. The number of aryl methyl sites for hydroxylation is 3. The fourth-order valence-electron chi connectivity index (χ4n) is 2.56. The second-order valence-electron chi connectivity index (χ2n) is 5.66. The Morgan fingerprint density at radius 3 is 2.38 bits per heavy atom. The molecule has 1 unspecified atom stereocenters. The molecular formula is C19H25NO. The van der Waals surface area contributed by atoms with Crippen LogP contribution in [0.1, 0.15) is 42.1 Å². The molecule has 2 aromatic carbocycles. The SMILES string of the molecule is CCOc1cc(C)ccc1NC(C)c1cc(C)ccc1C. The van der Waals surface area contributed by atoms with Crippen LogP contribution in [0.3, 0.4) is 0 Å². The summed E-state index contributed by atoms with van der Waals surface area (Å²) in [5.74, 6) is 0.926. The number of benzene rings is 2. The van der Waals surface area contributed by atoms with E-state index in [1.165, 1.54) is 22.3 Å². The van der Waals surface area contributed by atoms with Gasteiger partial charge in [0, 0.05) is 6.04 Å². The molecule has 0 aromatic heterocycles. The molecule has 0 amide bonds. The Morgan fingerprint density at radius 2 is 1.67 bits per heavy atom. The summed E-state index contributed by atoms with van der Waals surface area (Å²) < 4.78 is 5.75. The number of nitrogens with one attached hydrogen (secondary N) is 1. The van der Waals surface area contributed by atoms with E-state index in [4.69, 9.17) is 4.74 Å². The second kappa shape index (κ2) is 6.66. The molecule has 1 N–H and O–H groups in total. The summed E-state index contributed by atoms with van der Waals surface area (Å²) in [6.45, 7) is 11.3. The van der Waals surface area contributed by atoms with Crippen molar-refractivity contribution in [1.82, 2.24) is 0 Å². The number of hydrogen-bond acceptors (Lipinski definition) is 2. The molecule has 1 atom stereocenters. The van der Waals surface area contributed by atoms with Gasteiger partial charge in [-0.15, -0.1) is 0 Å². The highest BCUT2D eigenvalue weighted by Gasteiger charge is 2.11. The topological polar surface area (TPSA) is 21.3 Å². The minimum Gasteiger partial charge on any atom is -0.492 e. The van der Waals surface area contributed by atoms with E-state index in [0.29, 0.717) is 6.61 Å². The van der Waals surface area contributed by atoms with Crippen molar-refractivity contribution in [3.63, 3.8) is 0 Å². The predicted octanol–water partition coefficient (Wildman–Crippen LogP) is 5.18. The smallest absolute Gasteiger partial charge is 0.142 e. The van der Waals surface area contributed by atoms with Crippen LogP contribution in [0, 0.1) is 20.8 Å². The van der Waals surface area contributed by atoms with Crippen LogP contribution in [0.2, 0.25) is 0 Å². The fourth-order valence-corrected chi connectivity index (χ4v) is 2.56. The summed E-state index contributed by atoms with van der Waals surface area (Å²) in [4.78, 5) is 0. The van der Waals surface area contributed by atoms with Crippen molar-refractivity contribution in [1.29, 1.82) is 0 Å². The van der Waals surface area contributed by atoms with E-state index in [-0.39, 0.29) is 6.04 Å². The minimum atomic E-state index is 0.242. The molecule has 2 aromatic rings. The van der Waals surface area contributed by atoms with Crippen molar-refractivity contribution < 1.29 is 4.74 Å². The third kappa shape index (κ3) is 3.78. The third-order valence-corrected chi connectivity index (χ3v) is 3.71. The highest BCUT2D eigenvalue weighted by atomic mass is 16.5. The van der Waals surface area contributed by atoms with Gasteiger partial charge in [-0.05, 0) is 63.4 Å². The summed E-state index contributed by atoms with van der Waals surface area (Å²) >= 11 is 0. The molecule has 0 aliphatic rings. The maximum Gasteiger partial charge on any atom is 0.142 e. The van der Waals surface area contributed by atoms with Crippen LogP contribution in [0.5, 0.6) is 5.75 Å². The van der Waals surface area contributed by atoms with E-state index < -0.39 is 0 Å². The second-order valence-corrected chi connectivity index (χ2v) is 5.66. The molecule has 0 bridgehead atoms. The van der Waals surface area contributed by atoms with Gasteiger partial charge in [-0.1, -0.05) is 29.8 Å². The Labute approximate surface area is 128 Å². The first kappa shape index (κ1) is 15.4. The van der Waals surface area contributed by atoms with E-state index in [9.17, 15) is 0 Å². The molecule has 2 nitrogen and oxygen atoms in total. The van der Waals surface area contributed by atoms with Crippen molar-refractivity contribution in [2.24, 2.45) is 0 Å². The van der Waals surface area contributed by atoms with Gasteiger partial charge in [0.05, 0.1) is 12.3 Å². The normalized spacial score (nSPS) is 12.0. The van der Waals surface area contributed by atoms with Crippen LogP contribution >= 0.6 is 0 Å². The summed E-state index contributed by atoms with van der Waals surface area (Å²) in [6.07, 6.45) is 0. The lowest BCUT2D eigenvalue weighted by atomic mass is 9.99. The number of rotatable bonds is 5. The van der Waals surface area contributed by atoms with Crippen molar-refractivity contribution >= 4 is 5.69 Å². The lowest BCUT2D eigenvalue weighted by Crippen LogP contribution is -2.10. The number of hydrogen-bond donors (Lipinski definition) is 1. The zero-order valence-corrected chi connectivity index (χ0v) is 13.7. The van der Waals surface area contributed by atoms with Gasteiger partial charge in [0.25, 0.3) is 0 Å². The van der Waals surface area contributed by atoms with Crippen LogP contribution in [0.15, 0.2) is 36.4 Å². The molecule has 2 rings (SSSR count). The van der Waals surface area contributed by atoms with Crippen LogP contribution in [0.4, 0.5) is 5.69 Å². The molecular weight excluding hydrogens is 258 g/mol. The highest BCUT2D eigenvalue weighted by Crippen LogP contribution is 2.30. The molecule has 0 saturated heterocycles. The molecule has 21 heavy (non-hydrogen) atoms. The maximum absolute atomic E-state index is 5.75. The first-order valence-electron chi connectivity index (χ1n) is 7.58. The van der Waals surface area contributed by atoms with Gasteiger partial charge in [-0.25, -0.2) is 0 Å². The largest absolute Gasteiger partial charge is 0.492 e. The first-order valence-corrected chi connectivity index (χ1v) is 7.58. The van der Waals surface area contributed by atoms with Crippen LogP contribution in [-0.4, -0.2) is 6.61 Å². The predicted molar refractivity (Wildman–Crippen MR) is 90.3 cm³/mol. The highest BCUT2D eigenvalue weighted by molar-refractivity contribution is 5.59. The van der Waals surface area contributed by atoms with Gasteiger partial charge in [-0.2, -0.15) is 0 Å². The lowest BCUT2D eigenvalue weighted by molar-refractivity contribution is 0.341. The van der Waals surface area contributed by atoms with Crippen molar-refractivity contribution in [3.8, 4) is 5.75 Å². The zero-order valence-electron chi connectivity index (χ0n) is 13.7. The molecule has 0 aliphatic carbocycles. The Morgan fingerprint density at radius 1 is 1.00 bits per heavy atom. The quantitative estimate of drug-likeness (QED) is 0.816. The fraction of sp³-hybridized carbons (Fsp3) is 0.368. The average molecular weight is 283 g/mol. The molecule has 0 radical (unpaired) electrons. The van der Waals surface area contributed by atoms with E-state index in [0.717, 1.165) is 11.4 Å². The van der Waals surface area contributed by atoms with Crippen LogP contribution in [-0.2, 0) is 0 Å². The van der Waals surface area contributed by atoms with E-state index in [1.54, 1.807) is 0 Å².